The van der Waals surface area contributed by atoms with Gasteiger partial charge in [0.15, 0.2) is 0 Å². The molecular formula is C11H23NO. The Kier molecular flexibility index (Phi) is 4.20. The molecule has 0 radical (unpaired) electrons. The summed E-state index contributed by atoms with van der Waals surface area (Å²) in [6.45, 7) is 5.64. The summed E-state index contributed by atoms with van der Waals surface area (Å²) in [6, 6.07) is 0.740. The van der Waals surface area contributed by atoms with E-state index in [-0.39, 0.29) is 5.41 Å². The lowest BCUT2D eigenvalue weighted by Gasteiger charge is -2.34. The summed E-state index contributed by atoms with van der Waals surface area (Å²) in [7, 11) is 0. The van der Waals surface area contributed by atoms with E-state index in [4.69, 9.17) is 0 Å². The first-order valence-electron chi connectivity index (χ1n) is 5.60. The fraction of sp³-hybridized carbons (Fsp3) is 1.00. The molecule has 0 unspecified atom stereocenters. The summed E-state index contributed by atoms with van der Waals surface area (Å²) < 4.78 is 0. The smallest absolute Gasteiger partial charge is 0.0499 e. The van der Waals surface area contributed by atoms with E-state index < -0.39 is 0 Å². The van der Waals surface area contributed by atoms with Gasteiger partial charge in [0.2, 0.25) is 0 Å². The van der Waals surface area contributed by atoms with Crippen LogP contribution in [0.2, 0.25) is 0 Å². The van der Waals surface area contributed by atoms with Crippen molar-refractivity contribution in [3.63, 3.8) is 0 Å². The number of aliphatic hydroxyl groups is 1. The van der Waals surface area contributed by atoms with Crippen LogP contribution in [0.25, 0.3) is 0 Å². The van der Waals surface area contributed by atoms with E-state index >= 15 is 0 Å². The topological polar surface area (TPSA) is 32.3 Å². The van der Waals surface area contributed by atoms with Gasteiger partial charge in [-0.3, -0.25) is 0 Å². The van der Waals surface area contributed by atoms with E-state index in [1.54, 1.807) is 0 Å². The average molecular weight is 185 g/mol. The minimum absolute atomic E-state index is 0.135. The molecule has 1 aliphatic carbocycles. The van der Waals surface area contributed by atoms with Gasteiger partial charge in [-0.15, -0.1) is 0 Å². The van der Waals surface area contributed by atoms with Crippen LogP contribution in [0.5, 0.6) is 0 Å². The molecule has 13 heavy (non-hydrogen) atoms. The van der Waals surface area contributed by atoms with Gasteiger partial charge in [-0.2, -0.15) is 0 Å². The lowest BCUT2D eigenvalue weighted by Crippen LogP contribution is -2.44. The lowest BCUT2D eigenvalue weighted by atomic mass is 9.82. The van der Waals surface area contributed by atoms with Gasteiger partial charge in [0.1, 0.15) is 0 Å². The quantitative estimate of drug-likeness (QED) is 0.662. The van der Waals surface area contributed by atoms with Crippen molar-refractivity contribution in [2.24, 2.45) is 5.41 Å². The molecule has 1 fully saturated rings. The molecule has 0 spiro atoms. The van der Waals surface area contributed by atoms with Crippen molar-refractivity contribution in [1.29, 1.82) is 0 Å². The minimum atomic E-state index is 0.135. The lowest BCUT2D eigenvalue weighted by molar-refractivity contribution is 0.105. The van der Waals surface area contributed by atoms with E-state index in [2.05, 4.69) is 19.2 Å². The number of hydrogen-bond acceptors (Lipinski definition) is 2. The van der Waals surface area contributed by atoms with Gasteiger partial charge < -0.3 is 10.4 Å². The fourth-order valence-corrected chi connectivity index (χ4v) is 1.75. The maximum absolute atomic E-state index is 9.34. The Hall–Kier alpha value is -0.0800. The molecule has 2 nitrogen and oxygen atoms in total. The van der Waals surface area contributed by atoms with Crippen LogP contribution < -0.4 is 5.32 Å². The number of aliphatic hydroxyl groups excluding tert-OH is 1. The normalized spacial score (nSPS) is 18.7. The second kappa shape index (κ2) is 4.97. The van der Waals surface area contributed by atoms with Crippen molar-refractivity contribution in [2.45, 2.75) is 52.0 Å². The van der Waals surface area contributed by atoms with E-state index in [0.717, 1.165) is 25.4 Å². The highest BCUT2D eigenvalue weighted by molar-refractivity contribution is 4.83. The van der Waals surface area contributed by atoms with E-state index in [1.807, 2.05) is 0 Å². The van der Waals surface area contributed by atoms with Crippen LogP contribution in [-0.4, -0.2) is 24.3 Å². The Morgan fingerprint density at radius 2 is 1.92 bits per heavy atom. The first kappa shape index (κ1) is 11.0. The van der Waals surface area contributed by atoms with Gasteiger partial charge in [-0.1, -0.05) is 20.3 Å². The van der Waals surface area contributed by atoms with Crippen molar-refractivity contribution < 1.29 is 5.11 Å². The van der Waals surface area contributed by atoms with Crippen molar-refractivity contribution in [3.8, 4) is 0 Å². The van der Waals surface area contributed by atoms with Crippen LogP contribution in [0.4, 0.5) is 0 Å². The monoisotopic (exact) mass is 185 g/mol. The minimum Gasteiger partial charge on any atom is -0.396 e. The van der Waals surface area contributed by atoms with Crippen molar-refractivity contribution in [2.75, 3.05) is 13.2 Å². The van der Waals surface area contributed by atoms with Crippen LogP contribution in [0.15, 0.2) is 0 Å². The first-order chi connectivity index (χ1) is 6.26. The Morgan fingerprint density at radius 1 is 1.31 bits per heavy atom. The average Bonchev–Trinajstić information content (AvgIpc) is 2.11. The number of rotatable bonds is 6. The zero-order chi connectivity index (χ0) is 9.73. The van der Waals surface area contributed by atoms with Crippen LogP contribution in [0.1, 0.15) is 46.0 Å². The molecule has 0 heterocycles. The molecule has 0 aromatic rings. The molecule has 2 N–H and O–H groups in total. The van der Waals surface area contributed by atoms with E-state index in [1.165, 1.54) is 19.3 Å². The molecule has 0 bridgehead atoms. The first-order valence-corrected chi connectivity index (χ1v) is 5.60. The highest BCUT2D eigenvalue weighted by Gasteiger charge is 2.27. The number of nitrogens with one attached hydrogen (secondary N) is 1. The molecule has 0 atom stereocenters. The molecule has 0 amide bonds. The zero-order valence-corrected chi connectivity index (χ0v) is 8.97. The largest absolute Gasteiger partial charge is 0.396 e. The highest BCUT2D eigenvalue weighted by atomic mass is 16.3. The van der Waals surface area contributed by atoms with Crippen LogP contribution in [0.3, 0.4) is 0 Å². The Morgan fingerprint density at radius 3 is 2.23 bits per heavy atom. The van der Waals surface area contributed by atoms with Crippen molar-refractivity contribution in [3.05, 3.63) is 0 Å². The molecule has 0 aromatic carbocycles. The molecule has 0 aromatic heterocycles. The predicted molar refractivity (Wildman–Crippen MR) is 55.7 cm³/mol. The third-order valence-corrected chi connectivity index (χ3v) is 3.71. The summed E-state index contributed by atoms with van der Waals surface area (Å²) in [5, 5.41) is 12.9. The van der Waals surface area contributed by atoms with Gasteiger partial charge >= 0.3 is 0 Å². The standard InChI is InChI=1S/C11H23NO/c1-3-11(4-2,9-13)8-12-10-6-5-7-10/h10,12-13H,3-9H2,1-2H3. The third kappa shape index (κ3) is 2.68. The predicted octanol–water partition coefficient (Wildman–Crippen LogP) is 1.93. The van der Waals surface area contributed by atoms with E-state index in [0.29, 0.717) is 6.61 Å². The van der Waals surface area contributed by atoms with Crippen LogP contribution in [0, 0.1) is 5.41 Å². The van der Waals surface area contributed by atoms with Crippen molar-refractivity contribution >= 4 is 0 Å². The molecule has 1 aliphatic rings. The molecule has 2 heteroatoms. The molecule has 78 valence electrons. The van der Waals surface area contributed by atoms with Gasteiger partial charge in [0, 0.05) is 24.6 Å². The van der Waals surface area contributed by atoms with Gasteiger partial charge in [0.05, 0.1) is 0 Å². The maximum Gasteiger partial charge on any atom is 0.0499 e. The Labute approximate surface area is 81.7 Å². The molecule has 1 saturated carbocycles. The molecule has 0 aliphatic heterocycles. The summed E-state index contributed by atoms with van der Waals surface area (Å²) >= 11 is 0. The van der Waals surface area contributed by atoms with Gasteiger partial charge in [-0.05, 0) is 25.7 Å². The summed E-state index contributed by atoms with van der Waals surface area (Å²) in [6.07, 6.45) is 6.17. The fourth-order valence-electron chi connectivity index (χ4n) is 1.75. The van der Waals surface area contributed by atoms with Gasteiger partial charge in [-0.25, -0.2) is 0 Å². The van der Waals surface area contributed by atoms with Gasteiger partial charge in [0.25, 0.3) is 0 Å². The Balaban J connectivity index is 2.27. The van der Waals surface area contributed by atoms with Crippen molar-refractivity contribution in [1.82, 2.24) is 5.32 Å². The number of hydrogen-bond donors (Lipinski definition) is 2. The summed E-state index contributed by atoms with van der Waals surface area (Å²) in [5.41, 5.74) is 0.135. The van der Waals surface area contributed by atoms with Crippen LogP contribution >= 0.6 is 0 Å². The summed E-state index contributed by atoms with van der Waals surface area (Å²) in [4.78, 5) is 0. The third-order valence-electron chi connectivity index (χ3n) is 3.71. The molecular weight excluding hydrogens is 162 g/mol. The molecule has 1 rings (SSSR count). The maximum atomic E-state index is 9.34. The van der Waals surface area contributed by atoms with E-state index in [9.17, 15) is 5.11 Å². The molecule has 0 saturated heterocycles. The SMILES string of the molecule is CCC(CC)(CO)CNC1CCC1. The second-order valence-electron chi connectivity index (χ2n) is 4.37. The summed E-state index contributed by atoms with van der Waals surface area (Å²) in [5.74, 6) is 0. The van der Waals surface area contributed by atoms with Crippen LogP contribution in [-0.2, 0) is 0 Å². The zero-order valence-electron chi connectivity index (χ0n) is 8.97. The second-order valence-corrected chi connectivity index (χ2v) is 4.37. The Bertz CT molecular complexity index is 131. The highest BCUT2D eigenvalue weighted by Crippen LogP contribution is 2.26.